The van der Waals surface area contributed by atoms with E-state index in [9.17, 15) is 0 Å². The van der Waals surface area contributed by atoms with E-state index in [1.54, 1.807) is 0 Å². The monoisotopic (exact) mass is 256 g/mol. The molecular weight excluding hydrogens is 224 g/mol. The highest BCUT2D eigenvalue weighted by Gasteiger charge is 2.42. The molecule has 0 amide bonds. The molecule has 0 aromatic carbocycles. The van der Waals surface area contributed by atoms with Gasteiger partial charge in [-0.2, -0.15) is 0 Å². The van der Waals surface area contributed by atoms with E-state index in [0.717, 1.165) is 18.1 Å². The molecule has 0 aliphatic heterocycles. The Morgan fingerprint density at radius 3 is 1.88 bits per heavy atom. The smallest absolute Gasteiger partial charge is 0.195 e. The Kier molecular flexibility index (Phi) is 6.79. The first-order chi connectivity index (χ1) is 8.18. The second-order valence-corrected chi connectivity index (χ2v) is 10.2. The van der Waals surface area contributed by atoms with Crippen molar-refractivity contribution in [2.75, 3.05) is 6.61 Å². The molecule has 0 heterocycles. The average Bonchev–Trinajstić information content (AvgIpc) is 2.30. The molecule has 2 heteroatoms. The van der Waals surface area contributed by atoms with E-state index in [1.165, 1.54) is 50.6 Å². The molecular formula is C15H32OSi. The van der Waals surface area contributed by atoms with Crippen LogP contribution in [0.15, 0.2) is 0 Å². The van der Waals surface area contributed by atoms with E-state index in [4.69, 9.17) is 4.43 Å². The lowest BCUT2D eigenvalue weighted by molar-refractivity contribution is 0.280. The van der Waals surface area contributed by atoms with Gasteiger partial charge in [-0.1, -0.05) is 59.3 Å². The van der Waals surface area contributed by atoms with Crippen molar-refractivity contribution in [3.63, 3.8) is 0 Å². The van der Waals surface area contributed by atoms with Gasteiger partial charge in [-0.15, -0.1) is 0 Å². The Hall–Kier alpha value is 0.177. The second kappa shape index (κ2) is 7.58. The lowest BCUT2D eigenvalue weighted by Gasteiger charge is -2.41. The van der Waals surface area contributed by atoms with E-state index in [-0.39, 0.29) is 0 Å². The lowest BCUT2D eigenvalue weighted by atomic mass is 9.90. The van der Waals surface area contributed by atoms with Gasteiger partial charge in [-0.25, -0.2) is 0 Å². The van der Waals surface area contributed by atoms with Crippen LogP contribution in [-0.4, -0.2) is 14.9 Å². The Morgan fingerprint density at radius 2 is 1.47 bits per heavy atom. The van der Waals surface area contributed by atoms with E-state index in [1.807, 2.05) is 0 Å². The first-order valence-corrected chi connectivity index (χ1v) is 10.2. The summed E-state index contributed by atoms with van der Waals surface area (Å²) in [4.78, 5) is 0. The van der Waals surface area contributed by atoms with Gasteiger partial charge >= 0.3 is 0 Å². The maximum atomic E-state index is 6.42. The fraction of sp³-hybridized carbons (Fsp3) is 1.00. The van der Waals surface area contributed by atoms with Crippen LogP contribution in [-0.2, 0) is 4.43 Å². The summed E-state index contributed by atoms with van der Waals surface area (Å²) < 4.78 is 6.42. The molecule has 0 atom stereocenters. The minimum atomic E-state index is -1.42. The maximum Gasteiger partial charge on any atom is 0.195 e. The molecule has 0 bridgehead atoms. The van der Waals surface area contributed by atoms with Gasteiger partial charge in [0.05, 0.1) is 0 Å². The third-order valence-electron chi connectivity index (χ3n) is 4.54. The molecule has 0 N–H and O–H groups in total. The van der Waals surface area contributed by atoms with Crippen LogP contribution < -0.4 is 0 Å². The van der Waals surface area contributed by atoms with Crippen LogP contribution in [0.5, 0.6) is 0 Å². The molecule has 0 radical (unpaired) electrons. The summed E-state index contributed by atoms with van der Waals surface area (Å²) in [6.45, 7) is 10.2. The summed E-state index contributed by atoms with van der Waals surface area (Å²) in [5.74, 6) is 0.961. The molecule has 1 rings (SSSR count). The van der Waals surface area contributed by atoms with E-state index >= 15 is 0 Å². The van der Waals surface area contributed by atoms with E-state index < -0.39 is 8.32 Å². The Labute approximate surface area is 109 Å². The van der Waals surface area contributed by atoms with Crippen molar-refractivity contribution < 1.29 is 4.43 Å². The van der Waals surface area contributed by atoms with Crippen LogP contribution in [0, 0.1) is 5.92 Å². The third-order valence-corrected chi connectivity index (χ3v) is 10.2. The first-order valence-electron chi connectivity index (χ1n) is 7.82. The molecule has 0 spiro atoms. The zero-order chi connectivity index (χ0) is 12.7. The second-order valence-electron chi connectivity index (χ2n) is 5.95. The molecule has 17 heavy (non-hydrogen) atoms. The predicted molar refractivity (Wildman–Crippen MR) is 79.0 cm³/mol. The van der Waals surface area contributed by atoms with Gasteiger partial charge in [-0.3, -0.25) is 0 Å². The van der Waals surface area contributed by atoms with Crippen molar-refractivity contribution in [1.82, 2.24) is 0 Å². The fourth-order valence-corrected chi connectivity index (χ4v) is 8.96. The average molecular weight is 257 g/mol. The van der Waals surface area contributed by atoms with Crippen molar-refractivity contribution in [3.05, 3.63) is 0 Å². The summed E-state index contributed by atoms with van der Waals surface area (Å²) in [6, 6.07) is 2.79. The van der Waals surface area contributed by atoms with Crippen LogP contribution in [0.3, 0.4) is 0 Å². The zero-order valence-corrected chi connectivity index (χ0v) is 13.4. The molecule has 0 aromatic heterocycles. The SMILES string of the molecule is CCC[Si](CCC)(OCC)C1CCC(C)CC1. The highest BCUT2D eigenvalue weighted by Crippen LogP contribution is 2.44. The summed E-state index contributed by atoms with van der Waals surface area (Å²) in [6.07, 6.45) is 8.43. The number of hydrogen-bond donors (Lipinski definition) is 0. The van der Waals surface area contributed by atoms with Crippen molar-refractivity contribution in [2.24, 2.45) is 5.92 Å². The lowest BCUT2D eigenvalue weighted by Crippen LogP contribution is -2.44. The van der Waals surface area contributed by atoms with Crippen molar-refractivity contribution in [3.8, 4) is 0 Å². The molecule has 0 saturated heterocycles. The first kappa shape index (κ1) is 15.2. The normalized spacial score (nSPS) is 26.1. The minimum absolute atomic E-state index is 0.943. The largest absolute Gasteiger partial charge is 0.417 e. The highest BCUT2D eigenvalue weighted by molar-refractivity contribution is 6.75. The summed E-state index contributed by atoms with van der Waals surface area (Å²) in [5, 5.41) is 0. The van der Waals surface area contributed by atoms with Gasteiger partial charge in [0.1, 0.15) is 0 Å². The van der Waals surface area contributed by atoms with Crippen LogP contribution in [0.25, 0.3) is 0 Å². The standard InChI is InChI=1S/C15H32OSi/c1-5-12-17(13-6-2,16-7-3)15-10-8-14(4)9-11-15/h14-15H,5-13H2,1-4H3. The van der Waals surface area contributed by atoms with Crippen LogP contribution in [0.1, 0.15) is 66.2 Å². The van der Waals surface area contributed by atoms with Crippen LogP contribution in [0.4, 0.5) is 0 Å². The van der Waals surface area contributed by atoms with Crippen molar-refractivity contribution >= 4 is 8.32 Å². The molecule has 0 aromatic rings. The van der Waals surface area contributed by atoms with Crippen molar-refractivity contribution in [1.29, 1.82) is 0 Å². The quantitative estimate of drug-likeness (QED) is 0.557. The van der Waals surface area contributed by atoms with Crippen molar-refractivity contribution in [2.45, 2.75) is 83.8 Å². The third kappa shape index (κ3) is 4.10. The van der Waals surface area contributed by atoms with Gasteiger partial charge < -0.3 is 4.43 Å². The summed E-state index contributed by atoms with van der Waals surface area (Å²) >= 11 is 0. The fourth-order valence-electron chi connectivity index (χ4n) is 3.72. The predicted octanol–water partition coefficient (Wildman–Crippen LogP) is 5.37. The Morgan fingerprint density at radius 1 is 0.941 bits per heavy atom. The topological polar surface area (TPSA) is 9.23 Å². The number of hydrogen-bond acceptors (Lipinski definition) is 1. The summed E-state index contributed by atoms with van der Waals surface area (Å²) in [5.41, 5.74) is 0.957. The molecule has 1 saturated carbocycles. The maximum absolute atomic E-state index is 6.42. The summed E-state index contributed by atoms with van der Waals surface area (Å²) in [7, 11) is -1.42. The molecule has 1 nitrogen and oxygen atoms in total. The van der Waals surface area contributed by atoms with Crippen LogP contribution >= 0.6 is 0 Å². The zero-order valence-electron chi connectivity index (χ0n) is 12.4. The van der Waals surface area contributed by atoms with E-state index in [2.05, 4.69) is 27.7 Å². The molecule has 1 aliphatic carbocycles. The van der Waals surface area contributed by atoms with Gasteiger partial charge in [0.25, 0.3) is 0 Å². The Balaban J connectivity index is 2.71. The molecule has 1 fully saturated rings. The molecule has 102 valence electrons. The highest BCUT2D eigenvalue weighted by atomic mass is 28.4. The van der Waals surface area contributed by atoms with Gasteiger partial charge in [0, 0.05) is 6.61 Å². The molecule has 1 aliphatic rings. The van der Waals surface area contributed by atoms with Gasteiger partial charge in [-0.05, 0) is 30.5 Å². The van der Waals surface area contributed by atoms with Gasteiger partial charge in [0.15, 0.2) is 8.32 Å². The molecule has 0 unspecified atom stereocenters. The van der Waals surface area contributed by atoms with Gasteiger partial charge in [0.2, 0.25) is 0 Å². The Bertz CT molecular complexity index is 180. The number of rotatable bonds is 7. The van der Waals surface area contributed by atoms with E-state index in [0.29, 0.717) is 0 Å². The minimum Gasteiger partial charge on any atom is -0.417 e. The van der Waals surface area contributed by atoms with Crippen LogP contribution in [0.2, 0.25) is 17.6 Å².